The fourth-order valence-corrected chi connectivity index (χ4v) is 5.22. The van der Waals surface area contributed by atoms with E-state index in [-0.39, 0.29) is 24.2 Å². The SMILES string of the molecule is C[C@@H](c1ccccc1)N1CC/C(=C\C(=O)OC(C)(C)C)C[C@H]1[C@@H](COCc1ccccc1)OCc1ccccc1. The number of benzene rings is 3. The van der Waals surface area contributed by atoms with Crippen LogP contribution in [0, 0.1) is 0 Å². The normalized spacial score (nSPS) is 18.8. The third kappa shape index (κ3) is 9.16. The molecule has 40 heavy (non-hydrogen) atoms. The highest BCUT2D eigenvalue weighted by Crippen LogP contribution is 2.34. The molecule has 0 N–H and O–H groups in total. The Morgan fingerprint density at radius 3 is 2.08 bits per heavy atom. The Morgan fingerprint density at radius 2 is 1.48 bits per heavy atom. The fourth-order valence-electron chi connectivity index (χ4n) is 5.22. The van der Waals surface area contributed by atoms with Crippen LogP contribution in [0.15, 0.2) is 103 Å². The van der Waals surface area contributed by atoms with Crippen molar-refractivity contribution in [3.05, 3.63) is 119 Å². The number of hydrogen-bond acceptors (Lipinski definition) is 5. The lowest BCUT2D eigenvalue weighted by Crippen LogP contribution is -2.51. The molecule has 5 heteroatoms. The summed E-state index contributed by atoms with van der Waals surface area (Å²) < 4.78 is 18.5. The van der Waals surface area contributed by atoms with Crippen LogP contribution in [0.25, 0.3) is 0 Å². The second-order valence-electron chi connectivity index (χ2n) is 11.5. The number of nitrogens with zero attached hydrogens (tertiary/aromatic N) is 1. The van der Waals surface area contributed by atoms with Crippen LogP contribution in [-0.4, -0.2) is 41.8 Å². The maximum Gasteiger partial charge on any atom is 0.331 e. The minimum Gasteiger partial charge on any atom is -0.457 e. The Kier molecular flexibility index (Phi) is 10.7. The van der Waals surface area contributed by atoms with E-state index in [2.05, 4.69) is 66.4 Å². The van der Waals surface area contributed by atoms with Crippen molar-refractivity contribution >= 4 is 5.97 Å². The van der Waals surface area contributed by atoms with Gasteiger partial charge in [-0.25, -0.2) is 4.79 Å². The Labute approximate surface area is 239 Å². The summed E-state index contributed by atoms with van der Waals surface area (Å²) in [6, 6.07) is 31.3. The van der Waals surface area contributed by atoms with E-state index in [0.717, 1.165) is 29.7 Å². The molecular formula is C35H43NO4. The number of carbonyl (C=O) groups is 1. The van der Waals surface area contributed by atoms with Crippen LogP contribution in [0.3, 0.4) is 0 Å². The summed E-state index contributed by atoms with van der Waals surface area (Å²) in [5.41, 5.74) is 4.08. The van der Waals surface area contributed by atoms with Crippen molar-refractivity contribution in [2.45, 2.75) is 77.5 Å². The molecule has 0 unspecified atom stereocenters. The number of hydrogen-bond donors (Lipinski definition) is 0. The standard InChI is InChI=1S/C35H43NO4/c1-27(31-18-12-7-13-19-31)36-21-20-30(23-34(37)40-35(2,3)4)22-32(36)33(39-25-29-16-10-6-11-17-29)26-38-24-28-14-8-5-9-15-28/h5-19,23,27,32-33H,20-22,24-26H2,1-4H3/b30-23+/t27-,32-,33+/m0/s1. The number of likely N-dealkylation sites (tertiary alicyclic amines) is 1. The van der Waals surface area contributed by atoms with Crippen molar-refractivity contribution in [1.82, 2.24) is 4.90 Å². The van der Waals surface area contributed by atoms with Gasteiger partial charge in [0, 0.05) is 24.7 Å². The molecule has 0 radical (unpaired) electrons. The molecule has 212 valence electrons. The highest BCUT2D eigenvalue weighted by molar-refractivity contribution is 5.83. The molecule has 1 heterocycles. The first-order valence-electron chi connectivity index (χ1n) is 14.3. The van der Waals surface area contributed by atoms with E-state index >= 15 is 0 Å². The third-order valence-electron chi connectivity index (χ3n) is 7.23. The summed E-state index contributed by atoms with van der Waals surface area (Å²) in [6.45, 7) is 10.2. The largest absolute Gasteiger partial charge is 0.457 e. The van der Waals surface area contributed by atoms with Crippen LogP contribution in [0.4, 0.5) is 0 Å². The van der Waals surface area contributed by atoms with Crippen LogP contribution in [0.2, 0.25) is 0 Å². The molecule has 0 spiro atoms. The summed E-state index contributed by atoms with van der Waals surface area (Å²) in [6.07, 6.45) is 3.02. The van der Waals surface area contributed by atoms with Gasteiger partial charge in [0.2, 0.25) is 0 Å². The van der Waals surface area contributed by atoms with E-state index < -0.39 is 5.60 Å². The minimum atomic E-state index is -0.525. The maximum absolute atomic E-state index is 12.7. The molecule has 4 rings (SSSR count). The lowest BCUT2D eigenvalue weighted by molar-refractivity contribution is -0.148. The highest BCUT2D eigenvalue weighted by atomic mass is 16.6. The zero-order valence-corrected chi connectivity index (χ0v) is 24.3. The van der Waals surface area contributed by atoms with Gasteiger partial charge in [0.25, 0.3) is 0 Å². The van der Waals surface area contributed by atoms with Gasteiger partial charge in [-0.3, -0.25) is 4.90 Å². The van der Waals surface area contributed by atoms with E-state index in [0.29, 0.717) is 26.2 Å². The van der Waals surface area contributed by atoms with Crippen LogP contribution in [-0.2, 0) is 32.2 Å². The summed E-state index contributed by atoms with van der Waals surface area (Å²) >= 11 is 0. The monoisotopic (exact) mass is 541 g/mol. The fraction of sp³-hybridized carbons (Fsp3) is 0.400. The van der Waals surface area contributed by atoms with Crippen molar-refractivity contribution < 1.29 is 19.0 Å². The second-order valence-corrected chi connectivity index (χ2v) is 11.5. The lowest BCUT2D eigenvalue weighted by atomic mass is 9.90. The van der Waals surface area contributed by atoms with Gasteiger partial charge >= 0.3 is 5.97 Å². The van der Waals surface area contributed by atoms with Crippen LogP contribution in [0.1, 0.15) is 63.3 Å². The third-order valence-corrected chi connectivity index (χ3v) is 7.23. The van der Waals surface area contributed by atoms with E-state index in [1.165, 1.54) is 5.56 Å². The molecule has 0 bridgehead atoms. The van der Waals surface area contributed by atoms with Gasteiger partial charge in [-0.1, -0.05) is 96.6 Å². The van der Waals surface area contributed by atoms with E-state index in [1.54, 1.807) is 6.08 Å². The number of esters is 1. The molecule has 0 saturated carbocycles. The van der Waals surface area contributed by atoms with Crippen molar-refractivity contribution in [1.29, 1.82) is 0 Å². The van der Waals surface area contributed by atoms with Crippen molar-refractivity contribution in [2.24, 2.45) is 0 Å². The smallest absolute Gasteiger partial charge is 0.331 e. The minimum absolute atomic E-state index is 0.0251. The van der Waals surface area contributed by atoms with Gasteiger partial charge in [-0.05, 0) is 57.2 Å². The average molecular weight is 542 g/mol. The predicted molar refractivity (Wildman–Crippen MR) is 160 cm³/mol. The van der Waals surface area contributed by atoms with Gasteiger partial charge in [0.1, 0.15) is 5.60 Å². The molecule has 3 aromatic carbocycles. The van der Waals surface area contributed by atoms with Gasteiger partial charge in [0.15, 0.2) is 0 Å². The summed E-state index contributed by atoms with van der Waals surface area (Å²) in [7, 11) is 0. The lowest BCUT2D eigenvalue weighted by Gasteiger charge is -2.44. The van der Waals surface area contributed by atoms with Gasteiger partial charge in [-0.2, -0.15) is 0 Å². The summed E-state index contributed by atoms with van der Waals surface area (Å²) in [5.74, 6) is -0.284. The maximum atomic E-state index is 12.7. The zero-order chi connectivity index (χ0) is 28.4. The molecule has 5 nitrogen and oxygen atoms in total. The van der Waals surface area contributed by atoms with Crippen LogP contribution < -0.4 is 0 Å². The van der Waals surface area contributed by atoms with E-state index in [4.69, 9.17) is 14.2 Å². The van der Waals surface area contributed by atoms with E-state index in [9.17, 15) is 4.79 Å². The first kappa shape index (κ1) is 29.7. The first-order valence-corrected chi connectivity index (χ1v) is 14.3. The van der Waals surface area contributed by atoms with Crippen LogP contribution >= 0.6 is 0 Å². The topological polar surface area (TPSA) is 48.0 Å². The van der Waals surface area contributed by atoms with Crippen molar-refractivity contribution in [3.63, 3.8) is 0 Å². The average Bonchev–Trinajstić information content (AvgIpc) is 2.95. The molecule has 3 atom stereocenters. The zero-order valence-electron chi connectivity index (χ0n) is 24.3. The molecule has 1 fully saturated rings. The number of carbonyl (C=O) groups excluding carboxylic acids is 1. The molecule has 1 aliphatic rings. The van der Waals surface area contributed by atoms with Gasteiger partial charge in [-0.15, -0.1) is 0 Å². The van der Waals surface area contributed by atoms with E-state index in [1.807, 2.05) is 57.2 Å². The summed E-state index contributed by atoms with van der Waals surface area (Å²) in [5, 5.41) is 0. The molecule has 0 aromatic heterocycles. The second kappa shape index (κ2) is 14.4. The molecule has 3 aromatic rings. The van der Waals surface area contributed by atoms with Gasteiger partial charge < -0.3 is 14.2 Å². The highest BCUT2D eigenvalue weighted by Gasteiger charge is 2.36. The first-order chi connectivity index (χ1) is 19.3. The van der Waals surface area contributed by atoms with Crippen molar-refractivity contribution in [2.75, 3.05) is 13.2 Å². The van der Waals surface area contributed by atoms with Gasteiger partial charge in [0.05, 0.1) is 25.9 Å². The Bertz CT molecular complexity index is 1200. The van der Waals surface area contributed by atoms with Crippen LogP contribution in [0.5, 0.6) is 0 Å². The molecule has 0 amide bonds. The number of piperidine rings is 1. The number of ether oxygens (including phenoxy) is 3. The molecule has 0 aliphatic carbocycles. The summed E-state index contributed by atoms with van der Waals surface area (Å²) in [4.78, 5) is 15.2. The predicted octanol–water partition coefficient (Wildman–Crippen LogP) is 7.28. The molecule has 1 aliphatic heterocycles. The number of rotatable bonds is 11. The Hall–Kier alpha value is -3.25. The van der Waals surface area contributed by atoms with Crippen molar-refractivity contribution in [3.8, 4) is 0 Å². The Morgan fingerprint density at radius 1 is 0.900 bits per heavy atom. The molecule has 1 saturated heterocycles. The quantitative estimate of drug-likeness (QED) is 0.189. The molecular weight excluding hydrogens is 498 g/mol. The Balaban J connectivity index is 1.58.